The number of nitrogens with one attached hydrogen (secondary N) is 1. The van der Waals surface area contributed by atoms with Gasteiger partial charge in [-0.05, 0) is 74.1 Å². The van der Waals surface area contributed by atoms with E-state index in [1.807, 2.05) is 33.8 Å². The molecule has 2 bridgehead atoms. The molecule has 2 amide bonds. The van der Waals surface area contributed by atoms with Crippen molar-refractivity contribution in [2.24, 2.45) is 23.5 Å². The van der Waals surface area contributed by atoms with Crippen molar-refractivity contribution in [3.8, 4) is 0 Å². The molecule has 9 atom stereocenters. The van der Waals surface area contributed by atoms with Gasteiger partial charge >= 0.3 is 6.09 Å². The number of ether oxygens (including phenoxy) is 2. The Hall–Kier alpha value is -2.43. The number of allylic oxidation sites excluding steroid dienone is 3. The fraction of sp³-hybridized carbons (Fsp3) is 0.643. The van der Waals surface area contributed by atoms with Crippen LogP contribution in [0.2, 0.25) is 5.82 Å². The Morgan fingerprint density at radius 1 is 1.18 bits per heavy atom. The summed E-state index contributed by atoms with van der Waals surface area (Å²) in [4.78, 5) is 24.5. The van der Waals surface area contributed by atoms with Gasteiger partial charge in [0.05, 0.1) is 18.3 Å². The largest absolute Gasteiger partial charge is 0.442 e. The number of hydrogen-bond acceptors (Lipinski definition) is 6. The lowest BCUT2D eigenvalue weighted by Gasteiger charge is -2.33. The first-order chi connectivity index (χ1) is 17.8. The minimum absolute atomic E-state index is 0.119. The molecule has 1 aliphatic heterocycles. The summed E-state index contributed by atoms with van der Waals surface area (Å²) in [5, 5.41) is 25.1. The molecule has 0 saturated carbocycles. The van der Waals surface area contributed by atoms with E-state index in [2.05, 4.69) is 5.32 Å². The molecule has 10 heteroatoms. The lowest BCUT2D eigenvalue weighted by Crippen LogP contribution is -2.38. The molecule has 2 unspecified atom stereocenters. The van der Waals surface area contributed by atoms with E-state index in [-0.39, 0.29) is 23.7 Å². The molecule has 2 aliphatic rings. The van der Waals surface area contributed by atoms with Crippen LogP contribution in [0.1, 0.15) is 53.9 Å². The third kappa shape index (κ3) is 8.29. The zero-order valence-electron chi connectivity index (χ0n) is 23.6. The molecule has 0 saturated heterocycles. The summed E-state index contributed by atoms with van der Waals surface area (Å²) < 4.78 is 26.0. The van der Waals surface area contributed by atoms with Crippen molar-refractivity contribution in [3.63, 3.8) is 0 Å². The number of halogens is 1. The molecule has 1 heterocycles. The zero-order chi connectivity index (χ0) is 28.7. The molecule has 0 aromatic carbocycles. The van der Waals surface area contributed by atoms with Crippen molar-refractivity contribution >= 4 is 19.8 Å². The van der Waals surface area contributed by atoms with Crippen LogP contribution in [0.15, 0.2) is 46.7 Å². The van der Waals surface area contributed by atoms with Crippen LogP contribution in [0.4, 0.5) is 9.18 Å². The maximum Gasteiger partial charge on any atom is 0.405 e. The Kier molecular flexibility index (Phi) is 11.8. The van der Waals surface area contributed by atoms with Gasteiger partial charge < -0.3 is 30.7 Å². The summed E-state index contributed by atoms with van der Waals surface area (Å²) in [6.07, 6.45) is 2.68. The van der Waals surface area contributed by atoms with E-state index in [9.17, 15) is 24.2 Å². The molecule has 0 fully saturated rings. The number of amides is 2. The number of nitrogens with two attached hydrogens (primary N) is 1. The van der Waals surface area contributed by atoms with Gasteiger partial charge in [-0.25, -0.2) is 9.18 Å². The monoisotopic (exact) mass is 534 g/mol. The summed E-state index contributed by atoms with van der Waals surface area (Å²) in [5.74, 6) is -1.79. The van der Waals surface area contributed by atoms with Crippen LogP contribution in [0.3, 0.4) is 0 Å². The lowest BCUT2D eigenvalue weighted by atomic mass is 9.70. The van der Waals surface area contributed by atoms with Gasteiger partial charge in [0.25, 0.3) is 5.91 Å². The van der Waals surface area contributed by atoms with Crippen LogP contribution in [0.25, 0.3) is 0 Å². The molecule has 0 spiro atoms. The van der Waals surface area contributed by atoms with Crippen LogP contribution < -0.4 is 11.1 Å². The van der Waals surface area contributed by atoms with Gasteiger partial charge in [0, 0.05) is 24.3 Å². The molecule has 0 aromatic rings. The van der Waals surface area contributed by atoms with E-state index in [1.54, 1.807) is 26.9 Å². The van der Waals surface area contributed by atoms with Gasteiger partial charge in [-0.2, -0.15) is 0 Å². The van der Waals surface area contributed by atoms with Crippen molar-refractivity contribution in [1.29, 1.82) is 0 Å². The minimum Gasteiger partial charge on any atom is -0.442 e. The number of aliphatic hydroxyl groups is 2. The van der Waals surface area contributed by atoms with Crippen LogP contribution in [-0.4, -0.2) is 67.8 Å². The molecule has 0 radical (unpaired) electrons. The summed E-state index contributed by atoms with van der Waals surface area (Å²) in [6.45, 7) is 9.10. The van der Waals surface area contributed by atoms with Gasteiger partial charge in [-0.3, -0.25) is 4.79 Å². The van der Waals surface area contributed by atoms with E-state index in [0.29, 0.717) is 36.1 Å². The van der Waals surface area contributed by atoms with E-state index >= 15 is 0 Å². The Bertz CT molecular complexity index is 980. The summed E-state index contributed by atoms with van der Waals surface area (Å²) in [5.41, 5.74) is 7.34. The average molecular weight is 534 g/mol. The smallest absolute Gasteiger partial charge is 0.405 e. The molecule has 1 aliphatic carbocycles. The Morgan fingerprint density at radius 2 is 1.84 bits per heavy atom. The highest BCUT2D eigenvalue weighted by molar-refractivity contribution is 6.14. The van der Waals surface area contributed by atoms with Crippen LogP contribution in [0, 0.1) is 17.8 Å². The van der Waals surface area contributed by atoms with Crippen molar-refractivity contribution in [2.45, 2.75) is 90.3 Å². The first-order valence-corrected chi connectivity index (χ1v) is 13.4. The fourth-order valence-corrected chi connectivity index (χ4v) is 5.26. The average Bonchev–Trinajstić information content (AvgIpc) is 2.85. The van der Waals surface area contributed by atoms with Gasteiger partial charge in [0.15, 0.2) is 0 Å². The van der Waals surface area contributed by atoms with E-state index in [0.717, 1.165) is 5.57 Å². The maximum atomic E-state index is 14.9. The predicted octanol–water partition coefficient (Wildman–Crippen LogP) is 2.87. The van der Waals surface area contributed by atoms with Crippen molar-refractivity contribution in [1.82, 2.24) is 5.32 Å². The number of carbonyl (C=O) groups is 2. The Labute approximate surface area is 226 Å². The number of carbonyl (C=O) groups excluding carboxylic acids is 2. The minimum atomic E-state index is -1.37. The number of methoxy groups -OCH3 is 1. The maximum absolute atomic E-state index is 14.9. The second-order valence-electron chi connectivity index (χ2n) is 10.9. The number of alkyl halides is 1. The summed E-state index contributed by atoms with van der Waals surface area (Å²) in [6, 6.07) is 0. The van der Waals surface area contributed by atoms with Gasteiger partial charge in [-0.15, -0.1) is 0 Å². The second-order valence-corrected chi connectivity index (χ2v) is 10.9. The Morgan fingerprint density at radius 3 is 2.45 bits per heavy atom. The highest BCUT2D eigenvalue weighted by Crippen LogP contribution is 2.35. The summed E-state index contributed by atoms with van der Waals surface area (Å²) >= 11 is 0. The number of hydrogen-bond donors (Lipinski definition) is 4. The van der Waals surface area contributed by atoms with Crippen molar-refractivity contribution < 1.29 is 33.7 Å². The quantitative estimate of drug-likeness (QED) is 0.318. The summed E-state index contributed by atoms with van der Waals surface area (Å²) in [7, 11) is 3.20. The SMILES string of the molecule is BC1C2=CC(=CC1F)NC(=O)/C(C)=C/CC[C@H](C)[C@@H](OC(N)=O)/C(C)=C/[C@H](C)[C@@H](O)[C@@H](OC)C[C@H](C)[C@H]2O. The first kappa shape index (κ1) is 31.8. The highest BCUT2D eigenvalue weighted by atomic mass is 19.1. The molecular weight excluding hydrogens is 490 g/mol. The van der Waals surface area contributed by atoms with Crippen molar-refractivity contribution in [2.75, 3.05) is 7.11 Å². The van der Waals surface area contributed by atoms with Crippen LogP contribution >= 0.6 is 0 Å². The molecule has 2 rings (SSSR count). The molecule has 212 valence electrons. The molecule has 5 N–H and O–H groups in total. The number of primary amides is 1. The highest BCUT2D eigenvalue weighted by Gasteiger charge is 2.34. The van der Waals surface area contributed by atoms with E-state index in [4.69, 9.17) is 15.2 Å². The second kappa shape index (κ2) is 14.1. The van der Waals surface area contributed by atoms with Crippen LogP contribution in [0.5, 0.6) is 0 Å². The van der Waals surface area contributed by atoms with E-state index < -0.39 is 42.5 Å². The van der Waals surface area contributed by atoms with Gasteiger partial charge in [-0.1, -0.05) is 32.9 Å². The third-order valence-electron chi connectivity index (χ3n) is 7.79. The Balaban J connectivity index is 2.49. The molecule has 38 heavy (non-hydrogen) atoms. The normalized spacial score (nSPS) is 39.0. The molecule has 0 aromatic heterocycles. The standard InChI is InChI=1S/C28H44BFN2O6/c1-14-8-7-9-15(2)27(35)32-19-12-20(23(29)21(30)13-19)24(33)17(4)11-22(37-6)25(34)16(3)10-18(5)26(14)38-28(31)36/h9-10,12-14,16-17,21-26,33-34H,7-8,11,29H2,1-6H3,(H2,31,36)(H,32,35)/b15-9+,18-10+/t14-,16-,17-,21?,22-,23?,24+,25+,26+/m0/s1. The van der Waals surface area contributed by atoms with E-state index in [1.165, 1.54) is 13.2 Å². The topological polar surface area (TPSA) is 131 Å². The zero-order valence-corrected chi connectivity index (χ0v) is 23.6. The third-order valence-corrected chi connectivity index (χ3v) is 7.79. The number of rotatable bonds is 2. The lowest BCUT2D eigenvalue weighted by molar-refractivity contribution is -0.116. The predicted molar refractivity (Wildman–Crippen MR) is 148 cm³/mol. The molecular formula is C28H44BFN2O6. The number of fused-ring (bicyclic) bond motifs is 1. The first-order valence-electron chi connectivity index (χ1n) is 13.4. The van der Waals surface area contributed by atoms with Gasteiger partial charge in [0.2, 0.25) is 0 Å². The fourth-order valence-electron chi connectivity index (χ4n) is 5.26. The van der Waals surface area contributed by atoms with Crippen LogP contribution in [-0.2, 0) is 14.3 Å². The van der Waals surface area contributed by atoms with Gasteiger partial charge in [0.1, 0.15) is 20.1 Å². The molecule has 8 nitrogen and oxygen atoms in total. The number of aliphatic hydroxyl groups excluding tert-OH is 2. The van der Waals surface area contributed by atoms with Crippen molar-refractivity contribution in [3.05, 3.63) is 46.7 Å².